The van der Waals surface area contributed by atoms with Crippen LogP contribution in [-0.4, -0.2) is 28.8 Å². The van der Waals surface area contributed by atoms with Gasteiger partial charge in [-0.1, -0.05) is 61.8 Å². The minimum atomic E-state index is -1.08. The van der Waals surface area contributed by atoms with Crippen molar-refractivity contribution < 1.29 is 9.53 Å². The normalized spacial score (nSPS) is 22.6. The highest BCUT2D eigenvalue weighted by Gasteiger charge is 2.48. The van der Waals surface area contributed by atoms with E-state index >= 15 is 0 Å². The zero-order valence-electron chi connectivity index (χ0n) is 17.2. The number of nitrogens with zero attached hydrogens (tertiary/aromatic N) is 1. The maximum absolute atomic E-state index is 13.4. The number of para-hydroxylation sites is 1. The number of aromatic nitrogens is 1. The van der Waals surface area contributed by atoms with E-state index in [1.54, 1.807) is 6.07 Å². The minimum Gasteiger partial charge on any atom is -0.468 e. The Hall–Kier alpha value is -2.63. The average molecular weight is 424 g/mol. The summed E-state index contributed by atoms with van der Waals surface area (Å²) in [5.41, 5.74) is 8.35. The van der Waals surface area contributed by atoms with Crippen molar-refractivity contribution in [3.8, 4) is 0 Å². The summed E-state index contributed by atoms with van der Waals surface area (Å²) in [7, 11) is 0. The highest BCUT2D eigenvalue weighted by atomic mass is 35.5. The second-order valence-corrected chi connectivity index (χ2v) is 8.10. The molecule has 5 nitrogen and oxygen atoms in total. The topological polar surface area (TPSA) is 80.5 Å². The molecule has 4 rings (SSSR count). The van der Waals surface area contributed by atoms with Gasteiger partial charge >= 0.3 is 0 Å². The maximum Gasteiger partial charge on any atom is 0.205 e. The molecule has 0 aliphatic carbocycles. The van der Waals surface area contributed by atoms with Gasteiger partial charge in [-0.3, -0.25) is 4.79 Å². The van der Waals surface area contributed by atoms with Gasteiger partial charge in [0.15, 0.2) is 11.6 Å². The van der Waals surface area contributed by atoms with Gasteiger partial charge in [0.25, 0.3) is 0 Å². The highest BCUT2D eigenvalue weighted by Crippen LogP contribution is 2.40. The molecule has 0 spiro atoms. The maximum atomic E-state index is 13.4. The Balaban J connectivity index is 1.75. The van der Waals surface area contributed by atoms with Crippen LogP contribution in [0.3, 0.4) is 0 Å². The van der Waals surface area contributed by atoms with Crippen LogP contribution in [0.4, 0.5) is 0 Å². The number of nitrogens with two attached hydrogens (primary N) is 1. The van der Waals surface area contributed by atoms with Gasteiger partial charge in [-0.05, 0) is 37.0 Å². The van der Waals surface area contributed by atoms with Crippen LogP contribution in [0.15, 0.2) is 59.7 Å². The Bertz CT molecular complexity index is 1110. The van der Waals surface area contributed by atoms with Gasteiger partial charge in [-0.25, -0.2) is 4.99 Å². The molecule has 30 heavy (non-hydrogen) atoms. The number of aromatic amines is 1. The van der Waals surface area contributed by atoms with Crippen molar-refractivity contribution in [2.75, 3.05) is 0 Å². The minimum absolute atomic E-state index is 0.0661. The number of fused-ring (bicyclic) bond motifs is 1. The molecule has 3 atom stereocenters. The molecule has 3 N–H and O–H groups in total. The number of Topliss-reactive ketones (excluding diaryl/α,β-unsaturated/α-hetero) is 1. The average Bonchev–Trinajstić information content (AvgIpc) is 3.17. The number of carbonyl (C=O) groups is 1. The van der Waals surface area contributed by atoms with Crippen molar-refractivity contribution in [2.24, 2.45) is 10.7 Å². The first-order chi connectivity index (χ1) is 14.5. The summed E-state index contributed by atoms with van der Waals surface area (Å²) in [5.74, 6) is 0.345. The number of ketones is 1. The van der Waals surface area contributed by atoms with Gasteiger partial charge in [0, 0.05) is 27.7 Å². The molecule has 0 radical (unpaired) electrons. The molecule has 0 saturated carbocycles. The van der Waals surface area contributed by atoms with Gasteiger partial charge in [-0.15, -0.1) is 0 Å². The second-order valence-electron chi connectivity index (χ2n) is 7.69. The lowest BCUT2D eigenvalue weighted by Crippen LogP contribution is -2.51. The Morgan fingerprint density at radius 1 is 1.20 bits per heavy atom. The van der Waals surface area contributed by atoms with Crippen LogP contribution < -0.4 is 5.73 Å². The van der Waals surface area contributed by atoms with E-state index in [1.165, 1.54) is 0 Å². The second kappa shape index (κ2) is 8.25. The number of rotatable bonds is 6. The standard InChI is InChI=1S/C24H26ClN3O2/c1-3-21-22(29)24(4-2,17-10-6-7-11-18(17)25)28-23(30-21)19(26)13-15-14-27-20-12-8-5-9-16(15)20/h5-12,14,19,21,27H,3-4,13,26H2,1-2H3. The van der Waals surface area contributed by atoms with E-state index in [2.05, 4.69) is 11.1 Å². The Kier molecular flexibility index (Phi) is 5.67. The van der Waals surface area contributed by atoms with E-state index in [0.29, 0.717) is 35.7 Å². The Labute approximate surface area is 181 Å². The molecular weight excluding hydrogens is 398 g/mol. The van der Waals surface area contributed by atoms with Crippen LogP contribution >= 0.6 is 11.6 Å². The SMILES string of the molecule is CCC1OC(C(N)Cc2c[nH]c3ccccc23)=NC(CC)(c2ccccc2Cl)C1=O. The third-order valence-corrected chi connectivity index (χ3v) is 6.23. The van der Waals surface area contributed by atoms with E-state index in [-0.39, 0.29) is 5.78 Å². The van der Waals surface area contributed by atoms with E-state index < -0.39 is 17.7 Å². The molecular formula is C24H26ClN3O2. The number of carbonyl (C=O) groups excluding carboxylic acids is 1. The fourth-order valence-corrected chi connectivity index (χ4v) is 4.52. The van der Waals surface area contributed by atoms with Gasteiger partial charge in [0.05, 0.1) is 6.04 Å². The van der Waals surface area contributed by atoms with Crippen LogP contribution in [0, 0.1) is 0 Å². The zero-order valence-corrected chi connectivity index (χ0v) is 17.9. The third-order valence-electron chi connectivity index (χ3n) is 5.90. The van der Waals surface area contributed by atoms with Crippen molar-refractivity contribution in [1.29, 1.82) is 0 Å². The first-order valence-corrected chi connectivity index (χ1v) is 10.7. The van der Waals surface area contributed by atoms with E-state index in [4.69, 9.17) is 27.1 Å². The Morgan fingerprint density at radius 2 is 1.93 bits per heavy atom. The van der Waals surface area contributed by atoms with Crippen molar-refractivity contribution in [3.63, 3.8) is 0 Å². The molecule has 3 unspecified atom stereocenters. The van der Waals surface area contributed by atoms with Crippen LogP contribution in [0.2, 0.25) is 5.02 Å². The lowest BCUT2D eigenvalue weighted by molar-refractivity contribution is -0.134. The van der Waals surface area contributed by atoms with Crippen molar-refractivity contribution in [2.45, 2.75) is 50.8 Å². The summed E-state index contributed by atoms with van der Waals surface area (Å²) in [5, 5.41) is 1.65. The van der Waals surface area contributed by atoms with Crippen molar-refractivity contribution >= 4 is 34.2 Å². The molecule has 0 amide bonds. The first-order valence-electron chi connectivity index (χ1n) is 10.4. The molecule has 6 heteroatoms. The van der Waals surface area contributed by atoms with Crippen LogP contribution in [0.5, 0.6) is 0 Å². The largest absolute Gasteiger partial charge is 0.468 e. The summed E-state index contributed by atoms with van der Waals surface area (Å²) in [6.45, 7) is 3.88. The Morgan fingerprint density at radius 3 is 2.67 bits per heavy atom. The van der Waals surface area contributed by atoms with E-state index in [0.717, 1.165) is 16.5 Å². The predicted octanol–water partition coefficient (Wildman–Crippen LogP) is 4.77. The fraction of sp³-hybridized carbons (Fsp3) is 0.333. The number of ether oxygens (including phenoxy) is 1. The summed E-state index contributed by atoms with van der Waals surface area (Å²) < 4.78 is 6.01. The molecule has 156 valence electrons. The number of hydrogen-bond acceptors (Lipinski definition) is 4. The van der Waals surface area contributed by atoms with Crippen LogP contribution in [0.25, 0.3) is 10.9 Å². The number of benzene rings is 2. The number of halogens is 1. The van der Waals surface area contributed by atoms with Gasteiger partial charge < -0.3 is 15.5 Å². The molecule has 1 aliphatic rings. The molecule has 2 aromatic carbocycles. The third kappa shape index (κ3) is 3.42. The lowest BCUT2D eigenvalue weighted by atomic mass is 9.80. The quantitative estimate of drug-likeness (QED) is 0.599. The fourth-order valence-electron chi connectivity index (χ4n) is 4.23. The molecule has 1 aromatic heterocycles. The number of hydrogen-bond donors (Lipinski definition) is 2. The van der Waals surface area contributed by atoms with Crippen molar-refractivity contribution in [3.05, 3.63) is 70.9 Å². The molecule has 2 heterocycles. The van der Waals surface area contributed by atoms with Gasteiger partial charge in [0.2, 0.25) is 11.7 Å². The van der Waals surface area contributed by atoms with Crippen LogP contribution in [0.1, 0.15) is 37.8 Å². The molecule has 0 saturated heterocycles. The summed E-state index contributed by atoms with van der Waals surface area (Å²) in [4.78, 5) is 21.5. The van der Waals surface area contributed by atoms with E-state index in [1.807, 2.05) is 56.4 Å². The molecule has 3 aromatic rings. The zero-order chi connectivity index (χ0) is 21.3. The van der Waals surface area contributed by atoms with Gasteiger partial charge in [-0.2, -0.15) is 0 Å². The smallest absolute Gasteiger partial charge is 0.205 e. The monoisotopic (exact) mass is 423 g/mol. The summed E-state index contributed by atoms with van der Waals surface area (Å²) in [6.07, 6.45) is 2.96. The summed E-state index contributed by atoms with van der Waals surface area (Å²) >= 11 is 6.49. The van der Waals surface area contributed by atoms with Gasteiger partial charge in [0.1, 0.15) is 0 Å². The molecule has 0 bridgehead atoms. The number of nitrogens with one attached hydrogen (secondary N) is 1. The molecule has 0 fully saturated rings. The number of H-pyrrole nitrogens is 1. The molecule has 1 aliphatic heterocycles. The van der Waals surface area contributed by atoms with Crippen molar-refractivity contribution in [1.82, 2.24) is 4.98 Å². The lowest BCUT2D eigenvalue weighted by Gasteiger charge is -2.38. The summed E-state index contributed by atoms with van der Waals surface area (Å²) in [6, 6.07) is 15.0. The first kappa shape index (κ1) is 20.6. The number of aliphatic imine (C=N–C) groups is 1. The predicted molar refractivity (Wildman–Crippen MR) is 121 cm³/mol. The highest BCUT2D eigenvalue weighted by molar-refractivity contribution is 6.32. The van der Waals surface area contributed by atoms with E-state index in [9.17, 15) is 4.79 Å². The van der Waals surface area contributed by atoms with Crippen LogP contribution in [-0.2, 0) is 21.5 Å².